The van der Waals surface area contributed by atoms with E-state index in [0.29, 0.717) is 6.42 Å². The van der Waals surface area contributed by atoms with Crippen molar-refractivity contribution in [1.82, 2.24) is 15.5 Å². The molecule has 2 atom stereocenters. The molecule has 2 N–H and O–H groups in total. The zero-order valence-corrected chi connectivity index (χ0v) is 22.9. The number of benzene rings is 1. The van der Waals surface area contributed by atoms with Crippen molar-refractivity contribution in [2.45, 2.75) is 111 Å². The van der Waals surface area contributed by atoms with Crippen LogP contribution in [0, 0.1) is 19.8 Å². The largest absolute Gasteiger partial charge is 0.444 e. The zero-order valence-electron chi connectivity index (χ0n) is 22.9. The molecular weight excluding hydrogens is 442 g/mol. The number of carbonyl (C=O) groups excluding carboxylic acids is 3. The lowest BCUT2D eigenvalue weighted by atomic mass is 9.94. The standard InChI is InChI=1S/C28H45N3O4/c1-18(2)14-23(30-27(34)35-28(5,6)7)26(33)31(8)24(21-16-19(3)15-20(4)17-21)25(32)29-22-12-10-9-11-13-22/h15-18,22-24H,9-14H2,1-8H3,(H,29,32)(H,30,34). The van der Waals surface area contributed by atoms with E-state index in [0.717, 1.165) is 42.4 Å². The number of hydrogen-bond donors (Lipinski definition) is 2. The number of aryl methyl sites for hydroxylation is 2. The van der Waals surface area contributed by atoms with Crippen LogP contribution in [0.2, 0.25) is 0 Å². The first kappa shape index (κ1) is 28.7. The lowest BCUT2D eigenvalue weighted by molar-refractivity contribution is -0.141. The van der Waals surface area contributed by atoms with E-state index in [1.807, 2.05) is 45.9 Å². The molecule has 7 heteroatoms. The van der Waals surface area contributed by atoms with Crippen molar-refractivity contribution >= 4 is 17.9 Å². The summed E-state index contributed by atoms with van der Waals surface area (Å²) < 4.78 is 5.40. The van der Waals surface area contributed by atoms with E-state index in [2.05, 4.69) is 10.6 Å². The van der Waals surface area contributed by atoms with Gasteiger partial charge in [-0.05, 0) is 65.4 Å². The SMILES string of the molecule is Cc1cc(C)cc(C(C(=O)NC2CCCCC2)N(C)C(=O)C(CC(C)C)NC(=O)OC(C)(C)C)c1. The number of nitrogens with one attached hydrogen (secondary N) is 2. The molecule has 196 valence electrons. The Morgan fingerprint density at radius 2 is 1.60 bits per heavy atom. The molecule has 0 saturated heterocycles. The van der Waals surface area contributed by atoms with Gasteiger partial charge >= 0.3 is 6.09 Å². The fourth-order valence-electron chi connectivity index (χ4n) is 4.76. The van der Waals surface area contributed by atoms with Crippen LogP contribution < -0.4 is 10.6 Å². The molecule has 0 bridgehead atoms. The zero-order chi connectivity index (χ0) is 26.3. The number of likely N-dealkylation sites (N-methyl/N-ethyl adjacent to an activating group) is 1. The van der Waals surface area contributed by atoms with Crippen molar-refractivity contribution in [2.24, 2.45) is 5.92 Å². The van der Waals surface area contributed by atoms with E-state index in [4.69, 9.17) is 4.74 Å². The van der Waals surface area contributed by atoms with E-state index in [1.165, 1.54) is 11.3 Å². The molecule has 0 aromatic heterocycles. The van der Waals surface area contributed by atoms with Crippen LogP contribution >= 0.6 is 0 Å². The Morgan fingerprint density at radius 3 is 2.11 bits per heavy atom. The quantitative estimate of drug-likeness (QED) is 0.528. The monoisotopic (exact) mass is 487 g/mol. The predicted molar refractivity (Wildman–Crippen MR) is 139 cm³/mol. The highest BCUT2D eigenvalue weighted by Crippen LogP contribution is 2.26. The van der Waals surface area contributed by atoms with E-state index in [-0.39, 0.29) is 23.8 Å². The third kappa shape index (κ3) is 9.19. The van der Waals surface area contributed by atoms with Gasteiger partial charge in [-0.3, -0.25) is 9.59 Å². The second kappa shape index (κ2) is 12.4. The van der Waals surface area contributed by atoms with Crippen LogP contribution in [0.3, 0.4) is 0 Å². The summed E-state index contributed by atoms with van der Waals surface area (Å²) >= 11 is 0. The van der Waals surface area contributed by atoms with Gasteiger partial charge in [0.15, 0.2) is 0 Å². The Kier molecular flexibility index (Phi) is 10.2. The maximum Gasteiger partial charge on any atom is 0.408 e. The summed E-state index contributed by atoms with van der Waals surface area (Å²) in [6.45, 7) is 13.3. The summed E-state index contributed by atoms with van der Waals surface area (Å²) in [5, 5.41) is 5.95. The minimum atomic E-state index is -0.800. The molecule has 1 aromatic carbocycles. The van der Waals surface area contributed by atoms with Gasteiger partial charge in [0.2, 0.25) is 11.8 Å². The number of alkyl carbamates (subject to hydrolysis) is 1. The Morgan fingerprint density at radius 1 is 1.03 bits per heavy atom. The first-order chi connectivity index (χ1) is 16.3. The molecule has 0 spiro atoms. The molecule has 7 nitrogen and oxygen atoms in total. The molecule has 1 fully saturated rings. The Labute approximate surface area is 211 Å². The van der Waals surface area contributed by atoms with Crippen molar-refractivity contribution in [3.05, 3.63) is 34.9 Å². The summed E-state index contributed by atoms with van der Waals surface area (Å²) in [4.78, 5) is 41.4. The van der Waals surface area contributed by atoms with Gasteiger partial charge in [-0.15, -0.1) is 0 Å². The maximum atomic E-state index is 13.7. The van der Waals surface area contributed by atoms with Gasteiger partial charge in [0.1, 0.15) is 17.7 Å². The van der Waals surface area contributed by atoms with Crippen molar-refractivity contribution in [1.29, 1.82) is 0 Å². The second-order valence-electron chi connectivity index (χ2n) is 11.4. The summed E-state index contributed by atoms with van der Waals surface area (Å²) in [6, 6.07) is 4.50. The summed E-state index contributed by atoms with van der Waals surface area (Å²) in [6.07, 6.45) is 5.11. The number of hydrogen-bond acceptors (Lipinski definition) is 4. The summed E-state index contributed by atoms with van der Waals surface area (Å²) in [5.41, 5.74) is 2.15. The molecule has 1 aliphatic carbocycles. The molecule has 35 heavy (non-hydrogen) atoms. The van der Waals surface area contributed by atoms with Crippen LogP contribution in [0.4, 0.5) is 4.79 Å². The van der Waals surface area contributed by atoms with Gasteiger partial charge in [0.05, 0.1) is 0 Å². The van der Waals surface area contributed by atoms with Gasteiger partial charge < -0.3 is 20.3 Å². The van der Waals surface area contributed by atoms with Crippen molar-refractivity contribution < 1.29 is 19.1 Å². The van der Waals surface area contributed by atoms with Gasteiger partial charge in [-0.1, -0.05) is 62.4 Å². The average molecular weight is 488 g/mol. The minimum Gasteiger partial charge on any atom is -0.444 e. The molecular formula is C28H45N3O4. The highest BCUT2D eigenvalue weighted by atomic mass is 16.6. The minimum absolute atomic E-state index is 0.125. The van der Waals surface area contributed by atoms with Crippen LogP contribution in [0.25, 0.3) is 0 Å². The molecule has 0 aliphatic heterocycles. The van der Waals surface area contributed by atoms with Crippen molar-refractivity contribution in [2.75, 3.05) is 7.05 Å². The smallest absolute Gasteiger partial charge is 0.408 e. The molecule has 2 unspecified atom stereocenters. The Balaban J connectivity index is 2.35. The number of carbonyl (C=O) groups is 3. The van der Waals surface area contributed by atoms with Gasteiger partial charge in [-0.25, -0.2) is 4.79 Å². The van der Waals surface area contributed by atoms with Crippen LogP contribution in [0.5, 0.6) is 0 Å². The highest BCUT2D eigenvalue weighted by Gasteiger charge is 2.35. The van der Waals surface area contributed by atoms with Gasteiger partial charge in [-0.2, -0.15) is 0 Å². The highest BCUT2D eigenvalue weighted by molar-refractivity contribution is 5.92. The normalized spacial score (nSPS) is 16.4. The third-order valence-corrected chi connectivity index (χ3v) is 6.19. The van der Waals surface area contributed by atoms with Gasteiger partial charge in [0.25, 0.3) is 0 Å². The fraction of sp³-hybridized carbons (Fsp3) is 0.679. The summed E-state index contributed by atoms with van der Waals surface area (Å²) in [7, 11) is 1.65. The van der Waals surface area contributed by atoms with Gasteiger partial charge in [0, 0.05) is 13.1 Å². The van der Waals surface area contributed by atoms with Crippen molar-refractivity contribution in [3.8, 4) is 0 Å². The first-order valence-electron chi connectivity index (χ1n) is 12.9. The molecule has 0 heterocycles. The lowest BCUT2D eigenvalue weighted by Gasteiger charge is -2.34. The molecule has 1 saturated carbocycles. The van der Waals surface area contributed by atoms with Crippen molar-refractivity contribution in [3.63, 3.8) is 0 Å². The van der Waals surface area contributed by atoms with Crippen LogP contribution in [-0.2, 0) is 14.3 Å². The lowest BCUT2D eigenvalue weighted by Crippen LogP contribution is -2.53. The number of amides is 3. The molecule has 1 aliphatic rings. The fourth-order valence-corrected chi connectivity index (χ4v) is 4.76. The number of rotatable bonds is 8. The topological polar surface area (TPSA) is 87.7 Å². The first-order valence-corrected chi connectivity index (χ1v) is 12.9. The van der Waals surface area contributed by atoms with E-state index in [9.17, 15) is 14.4 Å². The third-order valence-electron chi connectivity index (χ3n) is 6.19. The van der Waals surface area contributed by atoms with Crippen LogP contribution in [-0.4, -0.2) is 47.5 Å². The molecule has 3 amide bonds. The van der Waals surface area contributed by atoms with E-state index in [1.54, 1.807) is 27.8 Å². The molecule has 0 radical (unpaired) electrons. The second-order valence-corrected chi connectivity index (χ2v) is 11.4. The molecule has 1 aromatic rings. The number of nitrogens with zero attached hydrogens (tertiary/aromatic N) is 1. The maximum absolute atomic E-state index is 13.7. The predicted octanol–water partition coefficient (Wildman–Crippen LogP) is 5.19. The number of ether oxygens (including phenoxy) is 1. The summed E-state index contributed by atoms with van der Waals surface area (Å²) in [5.74, 6) is -0.339. The van der Waals surface area contributed by atoms with Crippen LogP contribution in [0.1, 0.15) is 95.9 Å². The average Bonchev–Trinajstić information content (AvgIpc) is 2.71. The Bertz CT molecular complexity index is 864. The Hall–Kier alpha value is -2.57. The van der Waals surface area contributed by atoms with E-state index < -0.39 is 23.8 Å². The van der Waals surface area contributed by atoms with Crippen LogP contribution in [0.15, 0.2) is 18.2 Å². The molecule has 2 rings (SSSR count). The van der Waals surface area contributed by atoms with E-state index >= 15 is 0 Å².